The lowest BCUT2D eigenvalue weighted by Gasteiger charge is -2.12. The summed E-state index contributed by atoms with van der Waals surface area (Å²) in [4.78, 5) is 10.4. The van der Waals surface area contributed by atoms with E-state index in [1.807, 2.05) is 7.05 Å². The number of nitrogens with zero attached hydrogens (tertiary/aromatic N) is 2. The molecule has 0 fully saturated rings. The zero-order valence-corrected chi connectivity index (χ0v) is 13.6. The Labute approximate surface area is 125 Å². The topological polar surface area (TPSA) is 37.8 Å². The molecule has 0 spiro atoms. The van der Waals surface area contributed by atoms with E-state index in [4.69, 9.17) is 0 Å². The Morgan fingerprint density at radius 1 is 1.15 bits per heavy atom. The highest BCUT2D eigenvalue weighted by molar-refractivity contribution is 7.99. The van der Waals surface area contributed by atoms with Crippen molar-refractivity contribution in [3.8, 4) is 0 Å². The molecule has 0 amide bonds. The minimum absolute atomic E-state index is 0.843. The lowest BCUT2D eigenvalue weighted by molar-refractivity contribution is 0.874. The van der Waals surface area contributed by atoms with E-state index < -0.39 is 0 Å². The molecule has 0 aliphatic heterocycles. The van der Waals surface area contributed by atoms with Crippen molar-refractivity contribution in [3.05, 3.63) is 40.7 Å². The van der Waals surface area contributed by atoms with Crippen LogP contribution < -0.4 is 5.32 Å². The van der Waals surface area contributed by atoms with Gasteiger partial charge in [-0.1, -0.05) is 36.4 Å². The number of aryl methyl sites for hydroxylation is 3. The van der Waals surface area contributed by atoms with Gasteiger partial charge in [0.05, 0.1) is 0 Å². The maximum absolute atomic E-state index is 4.67. The molecule has 106 valence electrons. The fraction of sp³-hybridized carbons (Fsp3) is 0.375. The largest absolute Gasteiger partial charge is 0.373 e. The lowest BCUT2D eigenvalue weighted by atomic mass is 10.2. The van der Waals surface area contributed by atoms with Crippen LogP contribution in [-0.4, -0.2) is 17.0 Å². The monoisotopic (exact) mass is 287 g/mol. The lowest BCUT2D eigenvalue weighted by Crippen LogP contribution is -2.04. The van der Waals surface area contributed by atoms with Crippen LogP contribution in [0.5, 0.6) is 0 Å². The third-order valence-corrected chi connectivity index (χ3v) is 4.51. The van der Waals surface area contributed by atoms with Crippen molar-refractivity contribution in [1.82, 2.24) is 9.97 Å². The summed E-state index contributed by atoms with van der Waals surface area (Å²) in [6, 6.07) is 6.52. The first-order valence-corrected chi connectivity index (χ1v) is 7.67. The molecule has 0 saturated carbocycles. The van der Waals surface area contributed by atoms with E-state index in [0.717, 1.165) is 28.7 Å². The highest BCUT2D eigenvalue weighted by Crippen LogP contribution is 2.33. The first-order valence-electron chi connectivity index (χ1n) is 6.85. The summed E-state index contributed by atoms with van der Waals surface area (Å²) < 4.78 is 0. The molecular formula is C16H21N3S. The quantitative estimate of drug-likeness (QED) is 0.857. The second kappa shape index (κ2) is 6.27. The molecule has 0 aliphatic carbocycles. The molecule has 0 radical (unpaired) electrons. The second-order valence-corrected chi connectivity index (χ2v) is 5.92. The number of anilines is 1. The van der Waals surface area contributed by atoms with Gasteiger partial charge in [0.25, 0.3) is 0 Å². The molecule has 1 aromatic heterocycles. The Kier molecular flexibility index (Phi) is 4.65. The maximum atomic E-state index is 4.67. The van der Waals surface area contributed by atoms with Gasteiger partial charge in [0, 0.05) is 23.9 Å². The van der Waals surface area contributed by atoms with Gasteiger partial charge in [-0.05, 0) is 32.4 Å². The van der Waals surface area contributed by atoms with Gasteiger partial charge >= 0.3 is 0 Å². The molecule has 2 rings (SSSR count). The third-order valence-electron chi connectivity index (χ3n) is 3.24. The van der Waals surface area contributed by atoms with Gasteiger partial charge in [0.15, 0.2) is 0 Å². The highest BCUT2D eigenvalue weighted by atomic mass is 32.2. The van der Waals surface area contributed by atoms with E-state index in [2.05, 4.69) is 61.2 Å². The van der Waals surface area contributed by atoms with Crippen LogP contribution in [0.2, 0.25) is 0 Å². The predicted octanol–water partition coefficient (Wildman–Crippen LogP) is 4.16. The Bertz CT molecular complexity index is 623. The van der Waals surface area contributed by atoms with Crippen LogP contribution in [-0.2, 0) is 6.42 Å². The normalized spacial score (nSPS) is 10.7. The number of hydrogen-bond donors (Lipinski definition) is 1. The molecule has 0 bridgehead atoms. The minimum atomic E-state index is 0.843. The molecule has 20 heavy (non-hydrogen) atoms. The van der Waals surface area contributed by atoms with Gasteiger partial charge in [0.2, 0.25) is 0 Å². The number of aromatic nitrogens is 2. The molecule has 1 aromatic carbocycles. The van der Waals surface area contributed by atoms with Gasteiger partial charge in [-0.3, -0.25) is 0 Å². The minimum Gasteiger partial charge on any atom is -0.373 e. The van der Waals surface area contributed by atoms with Crippen LogP contribution in [0.15, 0.2) is 28.1 Å². The van der Waals surface area contributed by atoms with Gasteiger partial charge in [-0.25, -0.2) is 9.97 Å². The van der Waals surface area contributed by atoms with Crippen LogP contribution in [0.25, 0.3) is 0 Å². The second-order valence-electron chi connectivity index (χ2n) is 4.89. The van der Waals surface area contributed by atoms with Crippen molar-refractivity contribution < 1.29 is 0 Å². The third kappa shape index (κ3) is 3.12. The first-order chi connectivity index (χ1) is 9.55. The molecule has 3 nitrogen and oxygen atoms in total. The fourth-order valence-electron chi connectivity index (χ4n) is 2.06. The van der Waals surface area contributed by atoms with Crippen molar-refractivity contribution in [1.29, 1.82) is 0 Å². The summed E-state index contributed by atoms with van der Waals surface area (Å²) in [6.07, 6.45) is 0.843. The molecule has 4 heteroatoms. The highest BCUT2D eigenvalue weighted by Gasteiger charge is 2.11. The average Bonchev–Trinajstić information content (AvgIpc) is 2.43. The number of rotatable bonds is 4. The van der Waals surface area contributed by atoms with Gasteiger partial charge in [-0.15, -0.1) is 0 Å². The predicted molar refractivity (Wildman–Crippen MR) is 85.7 cm³/mol. The first kappa shape index (κ1) is 14.9. The van der Waals surface area contributed by atoms with Crippen molar-refractivity contribution in [2.45, 2.75) is 44.0 Å². The molecule has 0 saturated heterocycles. The number of hydrogen-bond acceptors (Lipinski definition) is 4. The van der Waals surface area contributed by atoms with Crippen molar-refractivity contribution >= 4 is 17.6 Å². The smallest absolute Gasteiger partial charge is 0.133 e. The van der Waals surface area contributed by atoms with Crippen molar-refractivity contribution in [3.63, 3.8) is 0 Å². The van der Waals surface area contributed by atoms with Crippen LogP contribution in [0, 0.1) is 20.8 Å². The number of nitrogens with one attached hydrogen (secondary N) is 1. The zero-order chi connectivity index (χ0) is 14.7. The van der Waals surface area contributed by atoms with E-state index >= 15 is 0 Å². The fourth-order valence-corrected chi connectivity index (χ4v) is 3.02. The summed E-state index contributed by atoms with van der Waals surface area (Å²) in [5.41, 5.74) is 3.68. The molecule has 2 aromatic rings. The Balaban J connectivity index is 2.42. The summed E-state index contributed by atoms with van der Waals surface area (Å²) in [5, 5.41) is 4.19. The van der Waals surface area contributed by atoms with Crippen LogP contribution in [0.4, 0.5) is 5.82 Å². The molecular weight excluding hydrogens is 266 g/mol. The molecule has 1 heterocycles. The van der Waals surface area contributed by atoms with Gasteiger partial charge < -0.3 is 5.32 Å². The molecule has 1 N–H and O–H groups in total. The van der Waals surface area contributed by atoms with Crippen LogP contribution in [0.1, 0.15) is 29.4 Å². The summed E-state index contributed by atoms with van der Waals surface area (Å²) >= 11 is 1.72. The van der Waals surface area contributed by atoms with E-state index in [1.54, 1.807) is 11.8 Å². The van der Waals surface area contributed by atoms with E-state index in [-0.39, 0.29) is 0 Å². The molecule has 0 unspecified atom stereocenters. The molecule has 0 atom stereocenters. The summed E-state index contributed by atoms with van der Waals surface area (Å²) in [5.74, 6) is 1.80. The Morgan fingerprint density at radius 3 is 2.50 bits per heavy atom. The van der Waals surface area contributed by atoms with Crippen LogP contribution in [0.3, 0.4) is 0 Å². The van der Waals surface area contributed by atoms with Gasteiger partial charge in [-0.2, -0.15) is 0 Å². The Hall–Kier alpha value is -1.55. The van der Waals surface area contributed by atoms with Gasteiger partial charge in [0.1, 0.15) is 16.7 Å². The van der Waals surface area contributed by atoms with E-state index in [0.29, 0.717) is 0 Å². The Morgan fingerprint density at radius 2 is 1.90 bits per heavy atom. The number of benzene rings is 1. The standard InChI is InChI=1S/C16H21N3S/c1-6-14-18-15(17-5)12(4)16(19-14)20-13-8-7-10(2)9-11(13)3/h7-9H,6H2,1-5H3,(H,17,18,19). The maximum Gasteiger partial charge on any atom is 0.133 e. The van der Waals surface area contributed by atoms with Crippen LogP contribution >= 0.6 is 11.8 Å². The van der Waals surface area contributed by atoms with E-state index in [1.165, 1.54) is 16.0 Å². The molecule has 0 aliphatic rings. The SMILES string of the molecule is CCc1nc(NC)c(C)c(Sc2ccc(C)cc2C)n1. The average molecular weight is 287 g/mol. The van der Waals surface area contributed by atoms with E-state index in [9.17, 15) is 0 Å². The summed E-state index contributed by atoms with van der Waals surface area (Å²) in [6.45, 7) is 8.41. The van der Waals surface area contributed by atoms with Crippen molar-refractivity contribution in [2.75, 3.05) is 12.4 Å². The summed E-state index contributed by atoms with van der Waals surface area (Å²) in [7, 11) is 1.90. The zero-order valence-electron chi connectivity index (χ0n) is 12.7. The van der Waals surface area contributed by atoms with Crippen molar-refractivity contribution in [2.24, 2.45) is 0 Å².